The predicted octanol–water partition coefficient (Wildman–Crippen LogP) is 1.95. The molecular weight excluding hydrogens is 232 g/mol. The fourth-order valence-corrected chi connectivity index (χ4v) is 1.66. The van der Waals surface area contributed by atoms with Crippen LogP contribution in [-0.4, -0.2) is 42.1 Å². The highest BCUT2D eigenvalue weighted by Crippen LogP contribution is 2.11. The topological polar surface area (TPSA) is 69.6 Å². The Morgan fingerprint density at radius 2 is 1.94 bits per heavy atom. The third-order valence-electron chi connectivity index (χ3n) is 2.46. The molecule has 5 heteroatoms. The second-order valence-electron chi connectivity index (χ2n) is 5.16. The van der Waals surface area contributed by atoms with Gasteiger partial charge in [-0.1, -0.05) is 26.0 Å². The van der Waals surface area contributed by atoms with Crippen LogP contribution in [0.1, 0.15) is 27.2 Å². The molecule has 5 nitrogen and oxygen atoms in total. The van der Waals surface area contributed by atoms with Crippen molar-refractivity contribution in [2.24, 2.45) is 11.8 Å². The van der Waals surface area contributed by atoms with Gasteiger partial charge < -0.3 is 15.3 Å². The third kappa shape index (κ3) is 6.93. The van der Waals surface area contributed by atoms with Crippen LogP contribution in [0.25, 0.3) is 0 Å². The fraction of sp³-hybridized carbons (Fsp3) is 0.692. The molecule has 1 atom stereocenters. The lowest BCUT2D eigenvalue weighted by atomic mass is 9.97. The van der Waals surface area contributed by atoms with Crippen molar-refractivity contribution in [2.75, 3.05) is 20.1 Å². The summed E-state index contributed by atoms with van der Waals surface area (Å²) in [5.74, 6) is -1.12. The second-order valence-corrected chi connectivity index (χ2v) is 5.16. The summed E-state index contributed by atoms with van der Waals surface area (Å²) in [5, 5.41) is 11.7. The van der Waals surface area contributed by atoms with E-state index >= 15 is 0 Å². The van der Waals surface area contributed by atoms with E-state index in [0.717, 1.165) is 5.57 Å². The highest BCUT2D eigenvalue weighted by Gasteiger charge is 2.20. The Balaban J connectivity index is 4.22. The summed E-state index contributed by atoms with van der Waals surface area (Å²) in [6, 6.07) is -0.270. The molecular formula is C13H24N2O3. The largest absolute Gasteiger partial charge is 0.481 e. The number of carboxylic acids is 1. The Morgan fingerprint density at radius 1 is 1.39 bits per heavy atom. The smallest absolute Gasteiger partial charge is 0.317 e. The Bertz CT molecular complexity index is 313. The van der Waals surface area contributed by atoms with Gasteiger partial charge in [-0.2, -0.15) is 0 Å². The van der Waals surface area contributed by atoms with Gasteiger partial charge in [-0.05, 0) is 19.3 Å². The molecule has 2 N–H and O–H groups in total. The molecule has 0 aromatic carbocycles. The quantitative estimate of drug-likeness (QED) is 0.684. The van der Waals surface area contributed by atoms with E-state index in [4.69, 9.17) is 5.11 Å². The van der Waals surface area contributed by atoms with Crippen molar-refractivity contribution in [2.45, 2.75) is 27.2 Å². The number of carbonyl (C=O) groups excluding carboxylic acids is 1. The van der Waals surface area contributed by atoms with Crippen molar-refractivity contribution in [3.63, 3.8) is 0 Å². The van der Waals surface area contributed by atoms with Crippen LogP contribution in [-0.2, 0) is 4.79 Å². The van der Waals surface area contributed by atoms with Crippen LogP contribution < -0.4 is 5.32 Å². The average Bonchev–Trinajstić information content (AvgIpc) is 2.21. The summed E-state index contributed by atoms with van der Waals surface area (Å²) in [5.41, 5.74) is 0.879. The molecule has 0 rings (SSSR count). The van der Waals surface area contributed by atoms with Gasteiger partial charge in [0.25, 0.3) is 0 Å². The van der Waals surface area contributed by atoms with Gasteiger partial charge in [0.2, 0.25) is 0 Å². The van der Waals surface area contributed by atoms with E-state index in [1.54, 1.807) is 7.05 Å². The lowest BCUT2D eigenvalue weighted by Gasteiger charge is -2.20. The van der Waals surface area contributed by atoms with Crippen molar-refractivity contribution >= 4 is 12.0 Å². The first kappa shape index (κ1) is 16.5. The maximum Gasteiger partial charge on any atom is 0.317 e. The number of carboxylic acid groups (broad SMARTS) is 1. The zero-order chi connectivity index (χ0) is 14.3. The Labute approximate surface area is 109 Å². The highest BCUT2D eigenvalue weighted by molar-refractivity contribution is 5.76. The van der Waals surface area contributed by atoms with Crippen LogP contribution >= 0.6 is 0 Å². The molecule has 0 heterocycles. The van der Waals surface area contributed by atoms with Gasteiger partial charge in [0.15, 0.2) is 0 Å². The Hall–Kier alpha value is -1.52. The van der Waals surface area contributed by atoms with Gasteiger partial charge in [0.05, 0.1) is 5.92 Å². The molecule has 0 saturated carbocycles. The lowest BCUT2D eigenvalue weighted by molar-refractivity contribution is -0.142. The average molecular weight is 256 g/mol. The molecule has 0 fully saturated rings. The van der Waals surface area contributed by atoms with Crippen LogP contribution in [0, 0.1) is 11.8 Å². The number of carbonyl (C=O) groups is 2. The van der Waals surface area contributed by atoms with Gasteiger partial charge in [0, 0.05) is 20.1 Å². The monoisotopic (exact) mass is 256 g/mol. The first-order valence-electron chi connectivity index (χ1n) is 6.10. The Kier molecular flexibility index (Phi) is 7.08. The van der Waals surface area contributed by atoms with E-state index in [1.807, 2.05) is 20.8 Å². The number of likely N-dealkylation sites (N-methyl/N-ethyl adjacent to an activating group) is 1. The minimum Gasteiger partial charge on any atom is -0.481 e. The van der Waals surface area contributed by atoms with Crippen molar-refractivity contribution in [1.82, 2.24) is 10.2 Å². The van der Waals surface area contributed by atoms with E-state index < -0.39 is 11.9 Å². The molecule has 2 amide bonds. The van der Waals surface area contributed by atoms with Crippen LogP contribution in [0.5, 0.6) is 0 Å². The number of rotatable bonds is 7. The normalized spacial score (nSPS) is 12.1. The predicted molar refractivity (Wildman–Crippen MR) is 71.4 cm³/mol. The molecule has 0 radical (unpaired) electrons. The standard InChI is InChI=1S/C13H24N2O3/c1-9(2)6-11(12(16)17)7-14-13(18)15(5)8-10(3)4/h9,11H,3,6-8H2,1-2,4-5H3,(H,14,18)(H,16,17). The summed E-state index contributed by atoms with van der Waals surface area (Å²) in [4.78, 5) is 24.2. The van der Waals surface area contributed by atoms with Gasteiger partial charge >= 0.3 is 12.0 Å². The van der Waals surface area contributed by atoms with Crippen LogP contribution in [0.2, 0.25) is 0 Å². The highest BCUT2D eigenvalue weighted by atomic mass is 16.4. The summed E-state index contributed by atoms with van der Waals surface area (Å²) < 4.78 is 0. The molecule has 0 aromatic rings. The van der Waals surface area contributed by atoms with Gasteiger partial charge in [-0.15, -0.1) is 0 Å². The van der Waals surface area contributed by atoms with Crippen molar-refractivity contribution < 1.29 is 14.7 Å². The van der Waals surface area contributed by atoms with Gasteiger partial charge in [-0.25, -0.2) is 4.79 Å². The molecule has 0 bridgehead atoms. The molecule has 0 aromatic heterocycles. The summed E-state index contributed by atoms with van der Waals surface area (Å²) >= 11 is 0. The van der Waals surface area contributed by atoms with E-state index in [9.17, 15) is 9.59 Å². The van der Waals surface area contributed by atoms with Crippen molar-refractivity contribution in [1.29, 1.82) is 0 Å². The first-order valence-corrected chi connectivity index (χ1v) is 6.10. The summed E-state index contributed by atoms with van der Waals surface area (Å²) in [7, 11) is 1.65. The summed E-state index contributed by atoms with van der Waals surface area (Å²) in [6.07, 6.45) is 0.555. The van der Waals surface area contributed by atoms with Gasteiger partial charge in [-0.3, -0.25) is 4.79 Å². The minimum atomic E-state index is -0.869. The number of urea groups is 1. The number of amides is 2. The fourth-order valence-electron chi connectivity index (χ4n) is 1.66. The van der Waals surface area contributed by atoms with Crippen molar-refractivity contribution in [3.8, 4) is 0 Å². The third-order valence-corrected chi connectivity index (χ3v) is 2.46. The first-order chi connectivity index (χ1) is 8.23. The van der Waals surface area contributed by atoms with Crippen LogP contribution in [0.3, 0.4) is 0 Å². The molecule has 0 saturated heterocycles. The number of hydrogen-bond acceptors (Lipinski definition) is 2. The molecule has 0 aliphatic rings. The molecule has 0 spiro atoms. The number of hydrogen-bond donors (Lipinski definition) is 2. The number of nitrogens with zero attached hydrogens (tertiary/aromatic N) is 1. The summed E-state index contributed by atoms with van der Waals surface area (Å²) in [6.45, 7) is 10.1. The lowest BCUT2D eigenvalue weighted by Crippen LogP contribution is -2.41. The van der Waals surface area contributed by atoms with E-state index in [1.165, 1.54) is 4.90 Å². The molecule has 18 heavy (non-hydrogen) atoms. The molecule has 104 valence electrons. The van der Waals surface area contributed by atoms with Crippen LogP contribution in [0.4, 0.5) is 4.79 Å². The maximum atomic E-state index is 11.7. The number of aliphatic carboxylic acids is 1. The maximum absolute atomic E-state index is 11.7. The SMILES string of the molecule is C=C(C)CN(C)C(=O)NCC(CC(C)C)C(=O)O. The zero-order valence-corrected chi connectivity index (χ0v) is 11.7. The van der Waals surface area contributed by atoms with E-state index in [-0.39, 0.29) is 18.5 Å². The molecule has 0 aliphatic heterocycles. The van der Waals surface area contributed by atoms with Crippen LogP contribution in [0.15, 0.2) is 12.2 Å². The second kappa shape index (κ2) is 7.74. The van der Waals surface area contributed by atoms with E-state index in [2.05, 4.69) is 11.9 Å². The Morgan fingerprint density at radius 3 is 2.33 bits per heavy atom. The van der Waals surface area contributed by atoms with E-state index in [0.29, 0.717) is 13.0 Å². The molecule has 1 unspecified atom stereocenters. The molecule has 0 aliphatic carbocycles. The van der Waals surface area contributed by atoms with Crippen molar-refractivity contribution in [3.05, 3.63) is 12.2 Å². The zero-order valence-electron chi connectivity index (χ0n) is 11.7. The number of nitrogens with one attached hydrogen (secondary N) is 1. The van der Waals surface area contributed by atoms with Gasteiger partial charge in [0.1, 0.15) is 0 Å². The minimum absolute atomic E-state index is 0.160.